The van der Waals surface area contributed by atoms with Gasteiger partial charge >= 0.3 is 0 Å². The van der Waals surface area contributed by atoms with Gasteiger partial charge in [-0.1, -0.05) is 104 Å². The maximum atomic E-state index is 5.52. The van der Waals surface area contributed by atoms with E-state index in [9.17, 15) is 0 Å². The van der Waals surface area contributed by atoms with Crippen molar-refractivity contribution in [1.82, 2.24) is 0 Å². The molecule has 0 saturated carbocycles. The number of fused-ring (bicyclic) bond motifs is 5. The van der Waals surface area contributed by atoms with Crippen LogP contribution in [-0.4, -0.2) is 0 Å². The topological polar surface area (TPSA) is 32.8 Å². The predicted octanol–water partition coefficient (Wildman–Crippen LogP) is 15.8. The molecule has 59 heavy (non-hydrogen) atoms. The van der Waals surface area contributed by atoms with Crippen LogP contribution in [0, 0.1) is 27.7 Å². The summed E-state index contributed by atoms with van der Waals surface area (Å²) in [5, 5.41) is 2.46. The molecule has 4 heteroatoms. The van der Waals surface area contributed by atoms with Crippen LogP contribution < -0.4 is 9.80 Å². The van der Waals surface area contributed by atoms with Crippen molar-refractivity contribution in [2.75, 3.05) is 9.80 Å². The number of hydrogen-bond acceptors (Lipinski definition) is 4. The van der Waals surface area contributed by atoms with Gasteiger partial charge in [-0.05, 0) is 144 Å². The Kier molecular flexibility index (Phi) is 8.68. The minimum atomic E-state index is -0.307. The number of furan rings is 2. The highest BCUT2D eigenvalue weighted by atomic mass is 16.3. The van der Waals surface area contributed by atoms with E-state index < -0.39 is 0 Å². The third-order valence-electron chi connectivity index (χ3n) is 12.2. The molecule has 0 N–H and O–H groups in total. The van der Waals surface area contributed by atoms with Crippen molar-refractivity contribution in [2.24, 2.45) is 0 Å². The van der Waals surface area contributed by atoms with Gasteiger partial charge in [-0.15, -0.1) is 0 Å². The monoisotopic (exact) mass is 766 g/mol. The Labute approximate surface area is 346 Å². The number of hydrogen-bond donors (Lipinski definition) is 0. The minimum absolute atomic E-state index is 0.307. The first-order valence-electron chi connectivity index (χ1n) is 20.4. The molecule has 9 aromatic rings. The van der Waals surface area contributed by atoms with Crippen molar-refractivity contribution in [2.45, 2.75) is 47.0 Å². The van der Waals surface area contributed by atoms with Crippen molar-refractivity contribution in [3.05, 3.63) is 204 Å². The Balaban J connectivity index is 1.17. The second-order valence-corrected chi connectivity index (χ2v) is 16.6. The number of aryl methyl sites for hydroxylation is 4. The molecule has 0 aliphatic heterocycles. The van der Waals surface area contributed by atoms with Gasteiger partial charge in [0.15, 0.2) is 0 Å². The first-order chi connectivity index (χ1) is 28.7. The molecule has 0 radical (unpaired) electrons. The summed E-state index contributed by atoms with van der Waals surface area (Å²) in [6, 6.07) is 53.6. The molecule has 0 atom stereocenters. The average molecular weight is 767 g/mol. The fourth-order valence-corrected chi connectivity index (χ4v) is 9.33. The normalized spacial score (nSPS) is 12.7. The Hall–Kier alpha value is -7.04. The van der Waals surface area contributed by atoms with E-state index in [2.05, 4.69) is 185 Å². The van der Waals surface area contributed by atoms with Gasteiger partial charge in [0, 0.05) is 50.4 Å². The lowest BCUT2D eigenvalue weighted by Crippen LogP contribution is -2.18. The molecule has 2 heterocycles. The van der Waals surface area contributed by atoms with Gasteiger partial charge in [0.25, 0.3) is 0 Å². The van der Waals surface area contributed by atoms with Crippen LogP contribution in [0.2, 0.25) is 0 Å². The summed E-state index contributed by atoms with van der Waals surface area (Å²) in [5.74, 6) is 0. The van der Waals surface area contributed by atoms with Crippen LogP contribution in [0.5, 0.6) is 0 Å². The van der Waals surface area contributed by atoms with E-state index in [0.717, 1.165) is 56.4 Å². The van der Waals surface area contributed by atoms with Crippen molar-refractivity contribution in [1.29, 1.82) is 0 Å². The largest absolute Gasteiger partial charge is 0.472 e. The SMILES string of the molecule is Cc1ccc(N(c2cccc(-c3ccoc3)c2)c2ccc3c(c2)C(C)(C)c2cc(N(c4cccc(-c5ccoc5)c4)c4ccc(C)cc4C)c4ccccc4c2-3)c(C)c1. The highest BCUT2D eigenvalue weighted by molar-refractivity contribution is 6.10. The molecular weight excluding hydrogens is 721 g/mol. The molecule has 10 rings (SSSR count). The quantitative estimate of drug-likeness (QED) is 0.154. The third-order valence-corrected chi connectivity index (χ3v) is 12.2. The summed E-state index contributed by atoms with van der Waals surface area (Å²) in [4.78, 5) is 4.87. The van der Waals surface area contributed by atoms with Crippen molar-refractivity contribution < 1.29 is 8.83 Å². The highest BCUT2D eigenvalue weighted by Crippen LogP contribution is 2.56. The van der Waals surface area contributed by atoms with Crippen molar-refractivity contribution >= 4 is 44.9 Å². The van der Waals surface area contributed by atoms with Crippen LogP contribution in [0.25, 0.3) is 44.2 Å². The average Bonchev–Trinajstić information content (AvgIpc) is 4.02. The van der Waals surface area contributed by atoms with E-state index in [0.29, 0.717) is 0 Å². The van der Waals surface area contributed by atoms with E-state index in [4.69, 9.17) is 8.83 Å². The fraction of sp³-hybridized carbons (Fsp3) is 0.127. The third kappa shape index (κ3) is 6.15. The zero-order chi connectivity index (χ0) is 40.4. The molecule has 0 saturated heterocycles. The van der Waals surface area contributed by atoms with Crippen LogP contribution in [0.15, 0.2) is 179 Å². The summed E-state index contributed by atoms with van der Waals surface area (Å²) in [6.07, 6.45) is 7.10. The Bertz CT molecular complexity index is 3030. The van der Waals surface area contributed by atoms with Crippen LogP contribution >= 0.6 is 0 Å². The summed E-state index contributed by atoms with van der Waals surface area (Å²) in [7, 11) is 0. The molecule has 0 bridgehead atoms. The highest BCUT2D eigenvalue weighted by Gasteiger charge is 2.39. The molecule has 4 nitrogen and oxygen atoms in total. The summed E-state index contributed by atoms with van der Waals surface area (Å²) < 4.78 is 11.0. The van der Waals surface area contributed by atoms with Crippen molar-refractivity contribution in [3.8, 4) is 33.4 Å². The van der Waals surface area contributed by atoms with Crippen LogP contribution in [-0.2, 0) is 5.41 Å². The zero-order valence-corrected chi connectivity index (χ0v) is 34.4. The van der Waals surface area contributed by atoms with Crippen LogP contribution in [0.1, 0.15) is 47.2 Å². The maximum absolute atomic E-state index is 5.52. The Morgan fingerprint density at radius 1 is 0.424 bits per heavy atom. The molecule has 288 valence electrons. The van der Waals surface area contributed by atoms with Crippen molar-refractivity contribution in [3.63, 3.8) is 0 Å². The molecule has 2 aromatic heterocycles. The summed E-state index contributed by atoms with van der Waals surface area (Å²) >= 11 is 0. The fourth-order valence-electron chi connectivity index (χ4n) is 9.33. The molecular formula is C55H46N2O2. The van der Waals surface area contributed by atoms with Gasteiger partial charge in [-0.25, -0.2) is 0 Å². The van der Waals surface area contributed by atoms with E-state index >= 15 is 0 Å². The number of anilines is 6. The van der Waals surface area contributed by atoms with E-state index in [1.807, 2.05) is 24.7 Å². The van der Waals surface area contributed by atoms with E-state index in [1.54, 1.807) is 12.5 Å². The summed E-state index contributed by atoms with van der Waals surface area (Å²) in [5.41, 5.74) is 21.0. The number of benzene rings is 7. The lowest BCUT2D eigenvalue weighted by atomic mass is 9.81. The standard InChI is InChI=1S/C55H46N2O2/c1-35-17-21-51(37(3)27-35)56(43-13-9-11-39(29-43)41-23-25-58-33-41)45-19-20-48-49(31-45)55(5,6)50-32-53(46-15-7-8-16-47(46)54(48)50)57(52-22-18-36(2)28-38(52)4)44-14-10-12-40(30-44)42-24-26-59-34-42/h7-34H,1-6H3. The second-order valence-electron chi connectivity index (χ2n) is 16.6. The molecule has 0 amide bonds. The van der Waals surface area contributed by atoms with Gasteiger partial charge in [0.2, 0.25) is 0 Å². The van der Waals surface area contributed by atoms with E-state index in [1.165, 1.54) is 55.3 Å². The molecule has 0 spiro atoms. The molecule has 7 aromatic carbocycles. The molecule has 0 fully saturated rings. The Morgan fingerprint density at radius 3 is 1.56 bits per heavy atom. The van der Waals surface area contributed by atoms with E-state index in [-0.39, 0.29) is 5.41 Å². The number of nitrogens with zero attached hydrogens (tertiary/aromatic N) is 2. The second kappa shape index (κ2) is 14.1. The van der Waals surface area contributed by atoms with Crippen LogP contribution in [0.4, 0.5) is 34.1 Å². The minimum Gasteiger partial charge on any atom is -0.472 e. The Morgan fingerprint density at radius 2 is 0.983 bits per heavy atom. The first-order valence-corrected chi connectivity index (χ1v) is 20.4. The smallest absolute Gasteiger partial charge is 0.0980 e. The van der Waals surface area contributed by atoms with Gasteiger partial charge in [0.05, 0.1) is 30.7 Å². The van der Waals surface area contributed by atoms with Gasteiger partial charge in [0.1, 0.15) is 0 Å². The van der Waals surface area contributed by atoms with Crippen LogP contribution in [0.3, 0.4) is 0 Å². The zero-order valence-electron chi connectivity index (χ0n) is 34.4. The summed E-state index contributed by atoms with van der Waals surface area (Å²) in [6.45, 7) is 13.5. The first kappa shape index (κ1) is 36.3. The van der Waals surface area contributed by atoms with Gasteiger partial charge in [-0.2, -0.15) is 0 Å². The lowest BCUT2D eigenvalue weighted by molar-refractivity contribution is 0.568. The molecule has 1 aliphatic carbocycles. The van der Waals surface area contributed by atoms with Gasteiger partial charge in [-0.3, -0.25) is 0 Å². The van der Waals surface area contributed by atoms with Gasteiger partial charge < -0.3 is 18.6 Å². The molecule has 1 aliphatic rings. The lowest BCUT2D eigenvalue weighted by Gasteiger charge is -2.31. The number of rotatable bonds is 8. The molecule has 0 unspecified atom stereocenters. The maximum Gasteiger partial charge on any atom is 0.0980 e. The predicted molar refractivity (Wildman–Crippen MR) is 245 cm³/mol.